The average Bonchev–Trinajstić information content (AvgIpc) is 2.55. The maximum atomic E-state index is 10.3. The van der Waals surface area contributed by atoms with Crippen molar-refractivity contribution in [3.8, 4) is 0 Å². The van der Waals surface area contributed by atoms with Gasteiger partial charge >= 0.3 is 11.9 Å². The molecular weight excluding hydrogens is 542 g/mol. The normalized spacial score (nSPS) is 12.5. The van der Waals surface area contributed by atoms with Crippen LogP contribution < -0.4 is 0 Å². The molecule has 0 aliphatic heterocycles. The van der Waals surface area contributed by atoms with Crippen molar-refractivity contribution in [2.75, 3.05) is 0 Å². The van der Waals surface area contributed by atoms with Crippen LogP contribution in [0.15, 0.2) is 48.5 Å². The monoisotopic (exact) mass is 556 g/mol. The Morgan fingerprint density at radius 2 is 0.917 bits per heavy atom. The molecule has 0 fully saturated rings. The molecule has 2 rings (SSSR count). The zero-order valence-electron chi connectivity index (χ0n) is 12.1. The van der Waals surface area contributed by atoms with Crippen LogP contribution in [0, 0.1) is 7.14 Å². The Labute approximate surface area is 165 Å². The van der Waals surface area contributed by atoms with Gasteiger partial charge in [0.1, 0.15) is 0 Å². The van der Waals surface area contributed by atoms with Gasteiger partial charge in [-0.2, -0.15) is 0 Å². The molecule has 0 bridgehead atoms. The van der Waals surface area contributed by atoms with E-state index in [1.807, 2.05) is 0 Å². The lowest BCUT2D eigenvalue weighted by molar-refractivity contribution is -0.147. The van der Waals surface area contributed by atoms with Crippen LogP contribution in [0.4, 0.5) is 0 Å². The van der Waals surface area contributed by atoms with E-state index in [0.717, 1.165) is 7.14 Å². The number of carbonyl (C=O) groups is 2. The topological polar surface area (TPSA) is 115 Å². The van der Waals surface area contributed by atoms with Crippen molar-refractivity contribution in [3.05, 3.63) is 66.8 Å². The van der Waals surface area contributed by atoms with E-state index >= 15 is 0 Å². The summed E-state index contributed by atoms with van der Waals surface area (Å²) in [6, 6.07) is 13.4. The van der Waals surface area contributed by atoms with Gasteiger partial charge in [0.25, 0.3) is 0 Å². The summed E-state index contributed by atoms with van der Waals surface area (Å²) >= 11 is 4.22. The van der Waals surface area contributed by atoms with E-state index in [2.05, 4.69) is 45.2 Å². The number of aliphatic carboxylic acids is 2. The van der Waals surface area contributed by atoms with Gasteiger partial charge in [0.05, 0.1) is 0 Å². The molecule has 0 radical (unpaired) electrons. The van der Waals surface area contributed by atoms with Crippen molar-refractivity contribution >= 4 is 57.1 Å². The Balaban J connectivity index is 0.000000240. The average molecular weight is 556 g/mol. The standard InChI is InChI=1S/2C8H7IO3/c2*9-6-3-1-5(2-4-6)7(10)8(11)12/h2*1-4,7,10H,(H,11,12)/t2*7-/m11/s1. The lowest BCUT2D eigenvalue weighted by Crippen LogP contribution is -2.09. The van der Waals surface area contributed by atoms with Crippen molar-refractivity contribution < 1.29 is 30.0 Å². The van der Waals surface area contributed by atoms with Gasteiger partial charge in [-0.15, -0.1) is 0 Å². The van der Waals surface area contributed by atoms with E-state index < -0.39 is 24.1 Å². The molecule has 0 unspecified atom stereocenters. The molecule has 6 nitrogen and oxygen atoms in total. The largest absolute Gasteiger partial charge is 0.479 e. The first-order chi connectivity index (χ1) is 11.2. The SMILES string of the molecule is O=C(O)[C@H](O)c1ccc(I)cc1.O=C(O)[C@H](O)c1ccc(I)cc1. The fourth-order valence-corrected chi connectivity index (χ4v) is 2.29. The molecule has 2 atom stereocenters. The van der Waals surface area contributed by atoms with Gasteiger partial charge in [-0.05, 0) is 80.6 Å². The molecule has 0 heterocycles. The number of carboxylic acid groups (broad SMARTS) is 2. The first-order valence-electron chi connectivity index (χ1n) is 6.55. The van der Waals surface area contributed by atoms with E-state index in [1.165, 1.54) is 0 Å². The zero-order chi connectivity index (χ0) is 18.3. The first kappa shape index (κ1) is 20.8. The van der Waals surface area contributed by atoms with Crippen molar-refractivity contribution in [2.24, 2.45) is 0 Å². The molecule has 128 valence electrons. The fourth-order valence-electron chi connectivity index (χ4n) is 1.58. The minimum atomic E-state index is -1.41. The van der Waals surface area contributed by atoms with Gasteiger partial charge in [0.15, 0.2) is 12.2 Å². The molecule has 2 aromatic rings. The van der Waals surface area contributed by atoms with E-state index in [0.29, 0.717) is 11.1 Å². The number of aliphatic hydroxyl groups excluding tert-OH is 2. The number of rotatable bonds is 4. The Kier molecular flexibility index (Phi) is 8.59. The molecule has 0 spiro atoms. The second-order valence-corrected chi connectivity index (χ2v) is 7.08. The summed E-state index contributed by atoms with van der Waals surface area (Å²) < 4.78 is 2.02. The highest BCUT2D eigenvalue weighted by Gasteiger charge is 2.15. The van der Waals surface area contributed by atoms with Crippen LogP contribution in [-0.4, -0.2) is 32.4 Å². The molecule has 0 aliphatic rings. The number of hydrogen-bond donors (Lipinski definition) is 4. The van der Waals surface area contributed by atoms with Gasteiger partial charge < -0.3 is 20.4 Å². The van der Waals surface area contributed by atoms with E-state index in [-0.39, 0.29) is 0 Å². The molecule has 0 saturated heterocycles. The van der Waals surface area contributed by atoms with E-state index in [9.17, 15) is 9.59 Å². The quantitative estimate of drug-likeness (QED) is 0.431. The number of hydrogen-bond acceptors (Lipinski definition) is 4. The third kappa shape index (κ3) is 6.71. The molecule has 8 heteroatoms. The van der Waals surface area contributed by atoms with Crippen LogP contribution in [0.25, 0.3) is 0 Å². The summed E-state index contributed by atoms with van der Waals surface area (Å²) in [6.07, 6.45) is -2.83. The molecular formula is C16H14I2O6. The first-order valence-corrected chi connectivity index (χ1v) is 8.70. The maximum absolute atomic E-state index is 10.3. The predicted octanol–water partition coefficient (Wildman–Crippen LogP) is 2.82. The third-order valence-corrected chi connectivity index (χ3v) is 4.28. The van der Waals surface area contributed by atoms with Gasteiger partial charge in [0, 0.05) is 7.14 Å². The number of halogens is 2. The number of carboxylic acids is 2. The highest BCUT2D eigenvalue weighted by molar-refractivity contribution is 14.1. The van der Waals surface area contributed by atoms with Gasteiger partial charge in [0.2, 0.25) is 0 Å². The Hall–Kier alpha value is -1.24. The van der Waals surface area contributed by atoms with Crippen molar-refractivity contribution in [1.82, 2.24) is 0 Å². The summed E-state index contributed by atoms with van der Waals surface area (Å²) in [5.74, 6) is -2.45. The van der Waals surface area contributed by atoms with Gasteiger partial charge in [-0.3, -0.25) is 0 Å². The second kappa shape index (κ2) is 9.91. The summed E-state index contributed by atoms with van der Waals surface area (Å²) in [5.41, 5.74) is 0.811. The van der Waals surface area contributed by atoms with Crippen LogP contribution in [0.1, 0.15) is 23.3 Å². The minimum Gasteiger partial charge on any atom is -0.479 e. The molecule has 0 amide bonds. The van der Waals surface area contributed by atoms with Gasteiger partial charge in [-0.1, -0.05) is 24.3 Å². The Bertz CT molecular complexity index is 623. The van der Waals surface area contributed by atoms with Crippen LogP contribution in [0.5, 0.6) is 0 Å². The Morgan fingerprint density at radius 3 is 1.12 bits per heavy atom. The highest BCUT2D eigenvalue weighted by Crippen LogP contribution is 2.15. The van der Waals surface area contributed by atoms with Gasteiger partial charge in [-0.25, -0.2) is 9.59 Å². The number of benzene rings is 2. The van der Waals surface area contributed by atoms with E-state index in [4.69, 9.17) is 20.4 Å². The molecule has 0 aliphatic carbocycles. The van der Waals surface area contributed by atoms with Crippen LogP contribution in [0.2, 0.25) is 0 Å². The van der Waals surface area contributed by atoms with E-state index in [1.54, 1.807) is 48.5 Å². The second-order valence-electron chi connectivity index (χ2n) is 4.58. The summed E-state index contributed by atoms with van der Waals surface area (Å²) in [5, 5.41) is 35.1. The smallest absolute Gasteiger partial charge is 0.337 e. The molecule has 24 heavy (non-hydrogen) atoms. The maximum Gasteiger partial charge on any atom is 0.337 e. The fraction of sp³-hybridized carbons (Fsp3) is 0.125. The Morgan fingerprint density at radius 1 is 0.667 bits per heavy atom. The lowest BCUT2D eigenvalue weighted by atomic mass is 10.1. The van der Waals surface area contributed by atoms with Crippen LogP contribution >= 0.6 is 45.2 Å². The zero-order valence-corrected chi connectivity index (χ0v) is 16.4. The summed E-state index contributed by atoms with van der Waals surface area (Å²) in [4.78, 5) is 20.7. The highest BCUT2D eigenvalue weighted by atomic mass is 127. The number of aliphatic hydroxyl groups is 2. The third-order valence-electron chi connectivity index (χ3n) is 2.84. The summed E-state index contributed by atoms with van der Waals surface area (Å²) in [6.45, 7) is 0. The lowest BCUT2D eigenvalue weighted by Gasteiger charge is -2.04. The predicted molar refractivity (Wildman–Crippen MR) is 104 cm³/mol. The minimum absolute atomic E-state index is 0.405. The molecule has 0 aromatic heterocycles. The summed E-state index contributed by atoms with van der Waals surface area (Å²) in [7, 11) is 0. The van der Waals surface area contributed by atoms with Crippen molar-refractivity contribution in [1.29, 1.82) is 0 Å². The molecule has 2 aromatic carbocycles. The molecule has 4 N–H and O–H groups in total. The van der Waals surface area contributed by atoms with Crippen LogP contribution in [0.3, 0.4) is 0 Å². The molecule has 0 saturated carbocycles. The van der Waals surface area contributed by atoms with Crippen molar-refractivity contribution in [2.45, 2.75) is 12.2 Å². The van der Waals surface area contributed by atoms with Crippen LogP contribution in [-0.2, 0) is 9.59 Å². The van der Waals surface area contributed by atoms with Crippen molar-refractivity contribution in [3.63, 3.8) is 0 Å².